The predicted octanol–water partition coefficient (Wildman–Crippen LogP) is 2.61. The van der Waals surface area contributed by atoms with Gasteiger partial charge in [-0.2, -0.15) is 0 Å². The predicted molar refractivity (Wildman–Crippen MR) is 62.9 cm³/mol. The number of hydrogen-bond acceptors (Lipinski definition) is 1. The van der Waals surface area contributed by atoms with Gasteiger partial charge in [0.1, 0.15) is 0 Å². The van der Waals surface area contributed by atoms with Crippen molar-refractivity contribution in [3.8, 4) is 0 Å². The van der Waals surface area contributed by atoms with Crippen LogP contribution >= 0.6 is 0 Å². The Hall–Kier alpha value is -0.730. The number of urea groups is 1. The van der Waals surface area contributed by atoms with Gasteiger partial charge in [-0.1, -0.05) is 13.8 Å². The quantitative estimate of drug-likeness (QED) is 0.749. The molecular formula is C12H24N2O. The maximum atomic E-state index is 11.9. The number of carbonyl (C=O) groups is 1. The average molecular weight is 212 g/mol. The molecule has 1 aliphatic heterocycles. The zero-order valence-electron chi connectivity index (χ0n) is 10.4. The zero-order valence-corrected chi connectivity index (χ0v) is 10.4. The minimum Gasteiger partial charge on any atom is -0.338 e. The van der Waals surface area contributed by atoms with Gasteiger partial charge in [0.25, 0.3) is 0 Å². The Kier molecular flexibility index (Phi) is 4.43. The van der Waals surface area contributed by atoms with Crippen molar-refractivity contribution in [1.82, 2.24) is 10.2 Å². The smallest absolute Gasteiger partial charge is 0.317 e. The van der Waals surface area contributed by atoms with Crippen molar-refractivity contribution in [2.24, 2.45) is 5.92 Å². The second kappa shape index (κ2) is 5.38. The lowest BCUT2D eigenvalue weighted by atomic mass is 9.98. The number of rotatable bonds is 2. The molecule has 2 atom stereocenters. The van der Waals surface area contributed by atoms with E-state index in [1.165, 1.54) is 6.42 Å². The molecule has 1 fully saturated rings. The minimum absolute atomic E-state index is 0.114. The van der Waals surface area contributed by atoms with E-state index < -0.39 is 0 Å². The van der Waals surface area contributed by atoms with Gasteiger partial charge in [0.2, 0.25) is 0 Å². The van der Waals surface area contributed by atoms with E-state index in [-0.39, 0.29) is 6.03 Å². The van der Waals surface area contributed by atoms with Gasteiger partial charge in [-0.3, -0.25) is 0 Å². The van der Waals surface area contributed by atoms with Gasteiger partial charge in [0.15, 0.2) is 0 Å². The molecule has 3 heteroatoms. The SMILES string of the molecule is CC(C)CNC(=O)N1C(C)CCCC1C. The van der Waals surface area contributed by atoms with E-state index in [2.05, 4.69) is 33.0 Å². The number of amides is 2. The van der Waals surface area contributed by atoms with Crippen LogP contribution in [0, 0.1) is 5.92 Å². The highest BCUT2D eigenvalue weighted by Gasteiger charge is 2.28. The molecule has 15 heavy (non-hydrogen) atoms. The third-order valence-corrected chi connectivity index (χ3v) is 3.09. The number of carbonyl (C=O) groups excluding carboxylic acids is 1. The monoisotopic (exact) mass is 212 g/mol. The fourth-order valence-electron chi connectivity index (χ4n) is 2.20. The van der Waals surface area contributed by atoms with E-state index in [4.69, 9.17) is 0 Å². The summed E-state index contributed by atoms with van der Waals surface area (Å²) in [6.07, 6.45) is 3.52. The van der Waals surface area contributed by atoms with Crippen LogP contribution in [0.1, 0.15) is 47.0 Å². The van der Waals surface area contributed by atoms with Crippen molar-refractivity contribution >= 4 is 6.03 Å². The summed E-state index contributed by atoms with van der Waals surface area (Å²) >= 11 is 0. The highest BCUT2D eigenvalue weighted by molar-refractivity contribution is 5.75. The Bertz CT molecular complexity index is 206. The van der Waals surface area contributed by atoms with Gasteiger partial charge in [-0.05, 0) is 39.0 Å². The third kappa shape index (κ3) is 3.40. The molecule has 0 bridgehead atoms. The second-order valence-electron chi connectivity index (χ2n) is 5.12. The van der Waals surface area contributed by atoms with Crippen LogP contribution in [0.25, 0.3) is 0 Å². The molecular weight excluding hydrogens is 188 g/mol. The molecule has 0 spiro atoms. The second-order valence-corrected chi connectivity index (χ2v) is 5.12. The van der Waals surface area contributed by atoms with E-state index in [0.717, 1.165) is 19.4 Å². The van der Waals surface area contributed by atoms with Crippen molar-refractivity contribution in [1.29, 1.82) is 0 Å². The van der Waals surface area contributed by atoms with Gasteiger partial charge in [-0.25, -0.2) is 4.79 Å². The molecule has 1 rings (SSSR count). The molecule has 0 aromatic rings. The van der Waals surface area contributed by atoms with Crippen LogP contribution in [0.15, 0.2) is 0 Å². The van der Waals surface area contributed by atoms with Gasteiger partial charge < -0.3 is 10.2 Å². The zero-order chi connectivity index (χ0) is 11.4. The van der Waals surface area contributed by atoms with Crippen LogP contribution < -0.4 is 5.32 Å². The lowest BCUT2D eigenvalue weighted by Crippen LogP contribution is -2.52. The van der Waals surface area contributed by atoms with Crippen molar-refractivity contribution < 1.29 is 4.79 Å². The maximum absolute atomic E-state index is 11.9. The van der Waals surface area contributed by atoms with E-state index in [1.54, 1.807) is 0 Å². The number of piperidine rings is 1. The number of hydrogen-bond donors (Lipinski definition) is 1. The van der Waals surface area contributed by atoms with E-state index in [0.29, 0.717) is 18.0 Å². The van der Waals surface area contributed by atoms with Crippen molar-refractivity contribution in [3.63, 3.8) is 0 Å². The highest BCUT2D eigenvalue weighted by Crippen LogP contribution is 2.22. The lowest BCUT2D eigenvalue weighted by molar-refractivity contribution is 0.122. The van der Waals surface area contributed by atoms with Crippen LogP contribution in [0.5, 0.6) is 0 Å². The first kappa shape index (κ1) is 12.3. The summed E-state index contributed by atoms with van der Waals surface area (Å²) in [4.78, 5) is 13.9. The van der Waals surface area contributed by atoms with E-state index in [1.807, 2.05) is 4.90 Å². The molecule has 0 saturated carbocycles. The standard InChI is InChI=1S/C12H24N2O/c1-9(2)8-13-12(15)14-10(3)6-5-7-11(14)4/h9-11H,5-8H2,1-4H3,(H,13,15). The molecule has 1 aliphatic rings. The van der Waals surface area contributed by atoms with E-state index in [9.17, 15) is 4.79 Å². The van der Waals surface area contributed by atoms with Gasteiger partial charge in [-0.15, -0.1) is 0 Å². The molecule has 88 valence electrons. The Morgan fingerprint density at radius 2 is 1.87 bits per heavy atom. The first-order chi connectivity index (χ1) is 7.02. The summed E-state index contributed by atoms with van der Waals surface area (Å²) in [6, 6.07) is 0.894. The summed E-state index contributed by atoms with van der Waals surface area (Å²) in [5, 5.41) is 3.00. The summed E-state index contributed by atoms with van der Waals surface area (Å²) in [7, 11) is 0. The van der Waals surface area contributed by atoms with Crippen LogP contribution in [0.4, 0.5) is 4.79 Å². The first-order valence-corrected chi connectivity index (χ1v) is 6.08. The molecule has 2 unspecified atom stereocenters. The molecule has 1 N–H and O–H groups in total. The topological polar surface area (TPSA) is 32.3 Å². The van der Waals surface area contributed by atoms with Crippen molar-refractivity contribution in [2.45, 2.75) is 59.0 Å². The van der Waals surface area contributed by atoms with Crippen LogP contribution in [-0.4, -0.2) is 29.6 Å². The molecule has 3 nitrogen and oxygen atoms in total. The Balaban J connectivity index is 2.48. The summed E-state index contributed by atoms with van der Waals surface area (Å²) in [6.45, 7) is 9.29. The average Bonchev–Trinajstić information content (AvgIpc) is 2.14. The number of likely N-dealkylation sites (tertiary alicyclic amines) is 1. The van der Waals surface area contributed by atoms with Crippen LogP contribution in [-0.2, 0) is 0 Å². The number of nitrogens with one attached hydrogen (secondary N) is 1. The highest BCUT2D eigenvalue weighted by atomic mass is 16.2. The molecule has 2 amide bonds. The van der Waals surface area contributed by atoms with Gasteiger partial charge in [0, 0.05) is 18.6 Å². The maximum Gasteiger partial charge on any atom is 0.317 e. The molecule has 1 saturated heterocycles. The lowest BCUT2D eigenvalue weighted by Gasteiger charge is -2.39. The summed E-state index contributed by atoms with van der Waals surface area (Å²) in [5.74, 6) is 0.518. The van der Waals surface area contributed by atoms with Crippen molar-refractivity contribution in [2.75, 3.05) is 6.54 Å². The molecule has 0 aromatic heterocycles. The molecule has 0 aromatic carbocycles. The minimum atomic E-state index is 0.114. The Labute approximate surface area is 93.2 Å². The number of nitrogens with zero attached hydrogens (tertiary/aromatic N) is 1. The first-order valence-electron chi connectivity index (χ1n) is 6.08. The summed E-state index contributed by atoms with van der Waals surface area (Å²) < 4.78 is 0. The fraction of sp³-hybridized carbons (Fsp3) is 0.917. The van der Waals surface area contributed by atoms with Crippen LogP contribution in [0.3, 0.4) is 0 Å². The van der Waals surface area contributed by atoms with Crippen LogP contribution in [0.2, 0.25) is 0 Å². The normalized spacial score (nSPS) is 26.9. The molecule has 1 heterocycles. The largest absolute Gasteiger partial charge is 0.338 e. The molecule has 0 aliphatic carbocycles. The van der Waals surface area contributed by atoms with Gasteiger partial charge in [0.05, 0.1) is 0 Å². The summed E-state index contributed by atoms with van der Waals surface area (Å²) in [5.41, 5.74) is 0. The Morgan fingerprint density at radius 3 is 2.33 bits per heavy atom. The molecule has 0 radical (unpaired) electrons. The third-order valence-electron chi connectivity index (χ3n) is 3.09. The van der Waals surface area contributed by atoms with Crippen molar-refractivity contribution in [3.05, 3.63) is 0 Å². The fourth-order valence-corrected chi connectivity index (χ4v) is 2.20. The van der Waals surface area contributed by atoms with Gasteiger partial charge >= 0.3 is 6.03 Å². The Morgan fingerprint density at radius 1 is 1.33 bits per heavy atom. The van der Waals surface area contributed by atoms with E-state index >= 15 is 0 Å².